The summed E-state index contributed by atoms with van der Waals surface area (Å²) in [5.74, 6) is 0.0389. The highest BCUT2D eigenvalue weighted by atomic mass is 16.5. The molecule has 7 nitrogen and oxygen atoms in total. The van der Waals surface area contributed by atoms with Crippen molar-refractivity contribution >= 4 is 5.97 Å². The van der Waals surface area contributed by atoms with Crippen molar-refractivity contribution in [2.75, 3.05) is 19.8 Å². The van der Waals surface area contributed by atoms with E-state index in [2.05, 4.69) is 10.3 Å². The Kier molecular flexibility index (Phi) is 4.86. The summed E-state index contributed by atoms with van der Waals surface area (Å²) in [5.41, 5.74) is 6.58. The van der Waals surface area contributed by atoms with E-state index in [1.54, 1.807) is 11.6 Å². The Bertz CT molecular complexity index is 427. The summed E-state index contributed by atoms with van der Waals surface area (Å²) in [6, 6.07) is 0. The predicted octanol–water partition coefficient (Wildman–Crippen LogP) is 0.340. The van der Waals surface area contributed by atoms with Crippen LogP contribution in [0.5, 0.6) is 0 Å². The summed E-state index contributed by atoms with van der Waals surface area (Å²) in [5, 5.41) is 7.93. The molecule has 0 spiro atoms. The Morgan fingerprint density at radius 1 is 1.53 bits per heavy atom. The number of carbonyl (C=O) groups excluding carboxylic acids is 1. The molecule has 0 radical (unpaired) electrons. The van der Waals surface area contributed by atoms with E-state index in [0.717, 1.165) is 32.6 Å². The second-order valence-corrected chi connectivity index (χ2v) is 4.55. The lowest BCUT2D eigenvalue weighted by molar-refractivity contribution is 0.0516. The Hall–Kier alpha value is -1.47. The third-order valence-electron chi connectivity index (χ3n) is 3.27. The van der Waals surface area contributed by atoms with Gasteiger partial charge in [-0.25, -0.2) is 9.48 Å². The molecule has 19 heavy (non-hydrogen) atoms. The molecule has 2 N–H and O–H groups in total. The van der Waals surface area contributed by atoms with E-state index in [-0.39, 0.29) is 12.2 Å². The van der Waals surface area contributed by atoms with E-state index in [1.807, 2.05) is 0 Å². The van der Waals surface area contributed by atoms with Gasteiger partial charge in [0.1, 0.15) is 0 Å². The van der Waals surface area contributed by atoms with Crippen molar-refractivity contribution in [3.63, 3.8) is 0 Å². The largest absolute Gasteiger partial charge is 0.461 e. The molecule has 1 aliphatic heterocycles. The van der Waals surface area contributed by atoms with Crippen LogP contribution in [0.1, 0.15) is 35.9 Å². The SMILES string of the molecule is CCOC(=O)c1nnn(CC2CCOCC2)c1CN. The third kappa shape index (κ3) is 3.30. The van der Waals surface area contributed by atoms with Gasteiger partial charge in [0.15, 0.2) is 5.69 Å². The molecule has 0 bridgehead atoms. The standard InChI is InChI=1S/C12H20N4O3/c1-2-19-12(17)11-10(7-13)16(15-14-11)8-9-3-5-18-6-4-9/h9H,2-8,13H2,1H3. The fourth-order valence-electron chi connectivity index (χ4n) is 2.21. The van der Waals surface area contributed by atoms with Gasteiger partial charge in [-0.3, -0.25) is 0 Å². The number of ether oxygens (including phenoxy) is 2. The molecule has 0 unspecified atom stereocenters. The van der Waals surface area contributed by atoms with Crippen molar-refractivity contribution in [2.24, 2.45) is 11.7 Å². The highest BCUT2D eigenvalue weighted by molar-refractivity contribution is 5.88. The highest BCUT2D eigenvalue weighted by Crippen LogP contribution is 2.18. The van der Waals surface area contributed by atoms with Crippen molar-refractivity contribution in [3.05, 3.63) is 11.4 Å². The zero-order valence-electron chi connectivity index (χ0n) is 11.2. The van der Waals surface area contributed by atoms with E-state index < -0.39 is 5.97 Å². The Balaban J connectivity index is 2.10. The summed E-state index contributed by atoms with van der Waals surface area (Å²) in [7, 11) is 0. The van der Waals surface area contributed by atoms with Gasteiger partial charge in [-0.2, -0.15) is 0 Å². The van der Waals surface area contributed by atoms with Crippen LogP contribution < -0.4 is 5.73 Å². The minimum atomic E-state index is -0.457. The minimum Gasteiger partial charge on any atom is -0.461 e. The molecule has 1 aromatic rings. The van der Waals surface area contributed by atoms with Crippen molar-refractivity contribution in [2.45, 2.75) is 32.9 Å². The maximum atomic E-state index is 11.7. The van der Waals surface area contributed by atoms with Crippen LogP contribution in [0.3, 0.4) is 0 Å². The lowest BCUT2D eigenvalue weighted by Gasteiger charge is -2.22. The van der Waals surface area contributed by atoms with Crippen molar-refractivity contribution < 1.29 is 14.3 Å². The van der Waals surface area contributed by atoms with Crippen LogP contribution in [0.4, 0.5) is 0 Å². The smallest absolute Gasteiger partial charge is 0.360 e. The van der Waals surface area contributed by atoms with Gasteiger partial charge in [-0.1, -0.05) is 5.21 Å². The topological polar surface area (TPSA) is 92.3 Å². The maximum absolute atomic E-state index is 11.7. The fraction of sp³-hybridized carbons (Fsp3) is 0.750. The van der Waals surface area contributed by atoms with Gasteiger partial charge in [0.2, 0.25) is 0 Å². The number of nitrogens with two attached hydrogens (primary N) is 1. The first-order chi connectivity index (χ1) is 9.26. The first-order valence-electron chi connectivity index (χ1n) is 6.63. The quantitative estimate of drug-likeness (QED) is 0.774. The lowest BCUT2D eigenvalue weighted by atomic mass is 10.0. The average molecular weight is 268 g/mol. The molecule has 1 aromatic heterocycles. The van der Waals surface area contributed by atoms with Gasteiger partial charge < -0.3 is 15.2 Å². The predicted molar refractivity (Wildman–Crippen MR) is 67.4 cm³/mol. The average Bonchev–Trinajstić information content (AvgIpc) is 2.83. The zero-order valence-corrected chi connectivity index (χ0v) is 11.2. The monoisotopic (exact) mass is 268 g/mol. The van der Waals surface area contributed by atoms with Crippen LogP contribution in [-0.2, 0) is 22.6 Å². The molecule has 1 saturated heterocycles. The Morgan fingerprint density at radius 3 is 2.89 bits per heavy atom. The first-order valence-corrected chi connectivity index (χ1v) is 6.63. The molecule has 0 saturated carbocycles. The number of hydrogen-bond donors (Lipinski definition) is 1. The molecule has 1 aliphatic rings. The number of esters is 1. The molecule has 0 atom stereocenters. The number of rotatable bonds is 5. The summed E-state index contributed by atoms with van der Waals surface area (Å²) in [6.07, 6.45) is 2.00. The number of nitrogens with zero attached hydrogens (tertiary/aromatic N) is 3. The number of carbonyl (C=O) groups is 1. The van der Waals surface area contributed by atoms with Crippen LogP contribution in [0.15, 0.2) is 0 Å². The van der Waals surface area contributed by atoms with E-state index >= 15 is 0 Å². The van der Waals surface area contributed by atoms with Gasteiger partial charge in [0.05, 0.1) is 12.3 Å². The molecule has 2 heterocycles. The van der Waals surface area contributed by atoms with Gasteiger partial charge in [-0.15, -0.1) is 5.10 Å². The lowest BCUT2D eigenvalue weighted by Crippen LogP contribution is -2.23. The number of hydrogen-bond acceptors (Lipinski definition) is 6. The van der Waals surface area contributed by atoms with Gasteiger partial charge in [0.25, 0.3) is 0 Å². The molecule has 106 valence electrons. The number of aromatic nitrogens is 3. The molecule has 0 aliphatic carbocycles. The van der Waals surface area contributed by atoms with Crippen molar-refractivity contribution in [1.82, 2.24) is 15.0 Å². The fourth-order valence-corrected chi connectivity index (χ4v) is 2.21. The summed E-state index contributed by atoms with van der Waals surface area (Å²) in [6.45, 7) is 4.58. The summed E-state index contributed by atoms with van der Waals surface area (Å²) < 4.78 is 12.0. The molecule has 0 amide bonds. The second-order valence-electron chi connectivity index (χ2n) is 4.55. The first kappa shape index (κ1) is 14.0. The van der Waals surface area contributed by atoms with Crippen LogP contribution in [-0.4, -0.2) is 40.8 Å². The van der Waals surface area contributed by atoms with E-state index in [4.69, 9.17) is 15.2 Å². The van der Waals surface area contributed by atoms with Crippen molar-refractivity contribution in [1.29, 1.82) is 0 Å². The molecule has 2 rings (SSSR count). The summed E-state index contributed by atoms with van der Waals surface area (Å²) in [4.78, 5) is 11.7. The van der Waals surface area contributed by atoms with Crippen LogP contribution in [0.25, 0.3) is 0 Å². The van der Waals surface area contributed by atoms with E-state index in [1.165, 1.54) is 0 Å². The van der Waals surface area contributed by atoms with Gasteiger partial charge >= 0.3 is 5.97 Å². The maximum Gasteiger partial charge on any atom is 0.360 e. The van der Waals surface area contributed by atoms with Gasteiger partial charge in [0, 0.05) is 26.3 Å². The van der Waals surface area contributed by atoms with Gasteiger partial charge in [-0.05, 0) is 25.7 Å². The van der Waals surface area contributed by atoms with Crippen LogP contribution in [0, 0.1) is 5.92 Å². The Morgan fingerprint density at radius 2 is 2.26 bits per heavy atom. The van der Waals surface area contributed by atoms with E-state index in [9.17, 15) is 4.79 Å². The molecular weight excluding hydrogens is 248 g/mol. The summed E-state index contributed by atoms with van der Waals surface area (Å²) >= 11 is 0. The van der Waals surface area contributed by atoms with E-state index in [0.29, 0.717) is 18.2 Å². The molecule has 0 aromatic carbocycles. The molecular formula is C12H20N4O3. The molecule has 7 heteroatoms. The molecule has 1 fully saturated rings. The van der Waals surface area contributed by atoms with Crippen LogP contribution >= 0.6 is 0 Å². The Labute approximate surface area is 112 Å². The highest BCUT2D eigenvalue weighted by Gasteiger charge is 2.22. The van der Waals surface area contributed by atoms with Crippen LogP contribution in [0.2, 0.25) is 0 Å². The zero-order chi connectivity index (χ0) is 13.7. The van der Waals surface area contributed by atoms with Crippen molar-refractivity contribution in [3.8, 4) is 0 Å². The normalized spacial score (nSPS) is 16.5. The third-order valence-corrected chi connectivity index (χ3v) is 3.27. The second kappa shape index (κ2) is 6.63. The minimum absolute atomic E-state index is 0.227.